The van der Waals surface area contributed by atoms with Crippen LogP contribution in [0, 0.1) is 0 Å². The molecule has 3 aromatic rings. The van der Waals surface area contributed by atoms with Crippen LogP contribution in [0.2, 0.25) is 0 Å². The van der Waals surface area contributed by atoms with Gasteiger partial charge in [0.05, 0.1) is 6.61 Å². The third-order valence-electron chi connectivity index (χ3n) is 4.86. The van der Waals surface area contributed by atoms with Crippen molar-refractivity contribution in [2.45, 2.75) is 26.3 Å². The van der Waals surface area contributed by atoms with Gasteiger partial charge in [-0.2, -0.15) is 0 Å². The van der Waals surface area contributed by atoms with Gasteiger partial charge in [0, 0.05) is 28.7 Å². The first-order chi connectivity index (χ1) is 16.4. The zero-order chi connectivity index (χ0) is 24.3. The average molecular weight is 525 g/mol. The average Bonchev–Trinajstić information content (AvgIpc) is 2.83. The predicted octanol–water partition coefficient (Wildman–Crippen LogP) is 5.49. The van der Waals surface area contributed by atoms with E-state index in [0.29, 0.717) is 24.1 Å². The molecule has 0 fully saturated rings. The molecule has 2 amide bonds. The number of hydrogen-bond donors (Lipinski definition) is 2. The molecular weight excluding hydrogens is 500 g/mol. The van der Waals surface area contributed by atoms with Gasteiger partial charge >= 0.3 is 6.16 Å². The molecule has 34 heavy (non-hydrogen) atoms. The number of nitrogens with one attached hydrogen (secondary N) is 2. The molecule has 0 aromatic heterocycles. The number of aryl methyl sites for hydroxylation is 1. The maximum Gasteiger partial charge on any atom is 0.513 e. The Morgan fingerprint density at radius 1 is 0.912 bits per heavy atom. The molecule has 0 bridgehead atoms. The van der Waals surface area contributed by atoms with Crippen molar-refractivity contribution >= 4 is 39.6 Å². The number of anilines is 1. The predicted molar refractivity (Wildman–Crippen MR) is 133 cm³/mol. The number of benzene rings is 3. The van der Waals surface area contributed by atoms with Crippen LogP contribution >= 0.6 is 15.9 Å². The molecule has 2 N–H and O–H groups in total. The molecule has 0 unspecified atom stereocenters. The summed E-state index contributed by atoms with van der Waals surface area (Å²) in [6, 6.07) is 21.3. The summed E-state index contributed by atoms with van der Waals surface area (Å²) in [6.45, 7) is 2.14. The third-order valence-corrected chi connectivity index (χ3v) is 5.39. The van der Waals surface area contributed by atoms with E-state index in [9.17, 15) is 14.4 Å². The Hall–Kier alpha value is -3.65. The van der Waals surface area contributed by atoms with E-state index in [1.165, 1.54) is 12.1 Å². The zero-order valence-corrected chi connectivity index (χ0v) is 20.3. The van der Waals surface area contributed by atoms with E-state index < -0.39 is 6.16 Å². The van der Waals surface area contributed by atoms with Crippen molar-refractivity contribution in [2.75, 3.05) is 11.9 Å². The van der Waals surface area contributed by atoms with Crippen LogP contribution in [0.25, 0.3) is 0 Å². The lowest BCUT2D eigenvalue weighted by molar-refractivity contribution is -0.116. The van der Waals surface area contributed by atoms with Crippen LogP contribution in [0.3, 0.4) is 0 Å². The minimum Gasteiger partial charge on any atom is -0.434 e. The fraction of sp³-hybridized carbons (Fsp3) is 0.192. The van der Waals surface area contributed by atoms with Crippen LogP contribution in [0.1, 0.15) is 34.8 Å². The van der Waals surface area contributed by atoms with Gasteiger partial charge < -0.3 is 20.1 Å². The third kappa shape index (κ3) is 7.74. The van der Waals surface area contributed by atoms with Gasteiger partial charge in [-0.25, -0.2) is 4.79 Å². The Morgan fingerprint density at radius 3 is 2.32 bits per heavy atom. The van der Waals surface area contributed by atoms with E-state index in [0.717, 1.165) is 15.6 Å². The largest absolute Gasteiger partial charge is 0.513 e. The number of rotatable bonds is 9. The molecule has 7 nitrogen and oxygen atoms in total. The second kappa shape index (κ2) is 12.6. The topological polar surface area (TPSA) is 93.7 Å². The monoisotopic (exact) mass is 524 g/mol. The summed E-state index contributed by atoms with van der Waals surface area (Å²) < 4.78 is 10.7. The Morgan fingerprint density at radius 2 is 1.62 bits per heavy atom. The molecule has 0 aliphatic carbocycles. The number of amides is 2. The van der Waals surface area contributed by atoms with Crippen LogP contribution in [-0.2, 0) is 22.5 Å². The van der Waals surface area contributed by atoms with Crippen molar-refractivity contribution in [3.05, 3.63) is 94.0 Å². The van der Waals surface area contributed by atoms with Crippen molar-refractivity contribution in [3.63, 3.8) is 0 Å². The highest BCUT2D eigenvalue weighted by Crippen LogP contribution is 2.17. The molecule has 0 aliphatic heterocycles. The molecule has 3 aromatic carbocycles. The number of para-hydroxylation sites is 1. The van der Waals surface area contributed by atoms with E-state index >= 15 is 0 Å². The van der Waals surface area contributed by atoms with Crippen LogP contribution < -0.4 is 15.4 Å². The van der Waals surface area contributed by atoms with Crippen LogP contribution in [0.5, 0.6) is 5.75 Å². The molecule has 176 valence electrons. The molecule has 0 atom stereocenters. The summed E-state index contributed by atoms with van der Waals surface area (Å²) >= 11 is 3.40. The first kappa shape index (κ1) is 25.0. The Kier molecular flexibility index (Phi) is 9.22. The summed E-state index contributed by atoms with van der Waals surface area (Å²) in [5.41, 5.74) is 2.93. The summed E-state index contributed by atoms with van der Waals surface area (Å²) in [5, 5.41) is 5.78. The van der Waals surface area contributed by atoms with Crippen LogP contribution in [0.4, 0.5) is 10.5 Å². The van der Waals surface area contributed by atoms with Crippen molar-refractivity contribution in [2.24, 2.45) is 0 Å². The minimum atomic E-state index is -0.796. The van der Waals surface area contributed by atoms with E-state index in [1.54, 1.807) is 25.1 Å². The van der Waals surface area contributed by atoms with Gasteiger partial charge in [0.1, 0.15) is 5.75 Å². The number of ether oxygens (including phenoxy) is 2. The summed E-state index contributed by atoms with van der Waals surface area (Å²) in [6.07, 6.45) is 0.186. The second-order valence-electron chi connectivity index (χ2n) is 7.32. The SMILES string of the molecule is CCOC(=O)Oc1ccc(C(=O)NCc2ccccc2NC(=O)CCc2ccc(Br)cc2)cc1. The maximum atomic E-state index is 12.5. The summed E-state index contributed by atoms with van der Waals surface area (Å²) in [7, 11) is 0. The zero-order valence-electron chi connectivity index (χ0n) is 18.7. The Balaban J connectivity index is 1.53. The van der Waals surface area contributed by atoms with Gasteiger partial charge in [0.2, 0.25) is 5.91 Å². The van der Waals surface area contributed by atoms with E-state index in [-0.39, 0.29) is 30.7 Å². The highest BCUT2D eigenvalue weighted by molar-refractivity contribution is 9.10. The Bertz CT molecular complexity index is 1130. The first-order valence-electron chi connectivity index (χ1n) is 10.8. The Labute approximate surface area is 206 Å². The molecule has 0 saturated carbocycles. The highest BCUT2D eigenvalue weighted by Gasteiger charge is 2.11. The molecule has 0 aliphatic rings. The quantitative estimate of drug-likeness (QED) is 0.285. The molecule has 0 spiro atoms. The van der Waals surface area contributed by atoms with Crippen molar-refractivity contribution < 1.29 is 23.9 Å². The lowest BCUT2D eigenvalue weighted by Crippen LogP contribution is -2.24. The molecule has 8 heteroatoms. The number of hydrogen-bond acceptors (Lipinski definition) is 5. The second-order valence-corrected chi connectivity index (χ2v) is 8.24. The summed E-state index contributed by atoms with van der Waals surface area (Å²) in [5.74, 6) is -0.107. The lowest BCUT2D eigenvalue weighted by Gasteiger charge is -2.12. The van der Waals surface area contributed by atoms with Crippen molar-refractivity contribution in [3.8, 4) is 5.75 Å². The molecular formula is C26H25BrN2O5. The number of carbonyl (C=O) groups excluding carboxylic acids is 3. The van der Waals surface area contributed by atoms with Gasteiger partial charge in [-0.15, -0.1) is 0 Å². The van der Waals surface area contributed by atoms with Gasteiger partial charge in [-0.05, 0) is 66.9 Å². The number of halogens is 1. The fourth-order valence-electron chi connectivity index (χ4n) is 3.11. The normalized spacial score (nSPS) is 10.3. The van der Waals surface area contributed by atoms with Crippen LogP contribution in [0.15, 0.2) is 77.3 Å². The summed E-state index contributed by atoms with van der Waals surface area (Å²) in [4.78, 5) is 36.4. The van der Waals surface area contributed by atoms with Gasteiger partial charge in [0.15, 0.2) is 0 Å². The fourth-order valence-corrected chi connectivity index (χ4v) is 3.38. The lowest BCUT2D eigenvalue weighted by atomic mass is 10.1. The van der Waals surface area contributed by atoms with E-state index in [1.807, 2.05) is 42.5 Å². The molecule has 0 saturated heterocycles. The van der Waals surface area contributed by atoms with Crippen molar-refractivity contribution in [1.29, 1.82) is 0 Å². The highest BCUT2D eigenvalue weighted by atomic mass is 79.9. The van der Waals surface area contributed by atoms with Crippen molar-refractivity contribution in [1.82, 2.24) is 5.32 Å². The smallest absolute Gasteiger partial charge is 0.434 e. The van der Waals surface area contributed by atoms with Gasteiger partial charge in [-0.3, -0.25) is 9.59 Å². The first-order valence-corrected chi connectivity index (χ1v) is 11.6. The van der Waals surface area contributed by atoms with Gasteiger partial charge in [0.25, 0.3) is 5.91 Å². The molecule has 3 rings (SSSR count). The number of carbonyl (C=O) groups is 3. The van der Waals surface area contributed by atoms with Crippen LogP contribution in [-0.4, -0.2) is 24.6 Å². The molecule has 0 radical (unpaired) electrons. The maximum absolute atomic E-state index is 12.5. The minimum absolute atomic E-state index is 0.0983. The standard InChI is InChI=1S/C26H25BrN2O5/c1-2-33-26(32)34-22-14-10-19(11-15-22)25(31)28-17-20-5-3-4-6-23(20)29-24(30)16-9-18-7-12-21(27)13-8-18/h3-8,10-15H,2,9,16-17H2,1H3,(H,28,31)(H,29,30). The van der Waals surface area contributed by atoms with Gasteiger partial charge in [-0.1, -0.05) is 46.3 Å². The van der Waals surface area contributed by atoms with E-state index in [2.05, 4.69) is 26.6 Å². The van der Waals surface area contributed by atoms with E-state index in [4.69, 9.17) is 9.47 Å². The molecule has 0 heterocycles.